The summed E-state index contributed by atoms with van der Waals surface area (Å²) in [5.41, 5.74) is 5.23. The molecule has 2 N–H and O–H groups in total. The van der Waals surface area contributed by atoms with Crippen LogP contribution >= 0.6 is 0 Å². The van der Waals surface area contributed by atoms with Gasteiger partial charge in [0.1, 0.15) is 0 Å². The Bertz CT molecular complexity index is 1190. The summed E-state index contributed by atoms with van der Waals surface area (Å²) in [5, 5.41) is 0. The van der Waals surface area contributed by atoms with Gasteiger partial charge in [-0.05, 0) is 0 Å². The van der Waals surface area contributed by atoms with Gasteiger partial charge in [-0.3, -0.25) is 0 Å². The third-order valence-corrected chi connectivity index (χ3v) is 13.6. The molecule has 0 aliphatic carbocycles. The molecule has 9 heteroatoms. The molecule has 35 heavy (non-hydrogen) atoms. The molecule has 0 aliphatic rings. The van der Waals surface area contributed by atoms with Gasteiger partial charge >= 0.3 is 206 Å². The standard InChI is InChI=1S/2C7H5FNO2.2C6H5.Sn/c2*8-6-3-1-5(2-4-6)7(10)9-11;2*1-2-4-6-5-3-1;/h2*1-4H,(H-,9,10,11);2*1-5H;/q2*-1;;;+2. The molecule has 0 saturated carbocycles. The Balaban J connectivity index is 1.67. The number of amides is 2. The molecule has 0 saturated heterocycles. The molecular formula is C26H20F2N2O4Sn. The molecule has 0 radical (unpaired) electrons. The number of carbonyl (C=O) groups excluding carboxylic acids is 2. The van der Waals surface area contributed by atoms with Crippen LogP contribution in [0.3, 0.4) is 0 Å². The molecule has 0 unspecified atom stereocenters. The van der Waals surface area contributed by atoms with Crippen LogP contribution in [-0.2, 0) is 6.35 Å². The van der Waals surface area contributed by atoms with Crippen molar-refractivity contribution in [3.8, 4) is 0 Å². The van der Waals surface area contributed by atoms with E-state index < -0.39 is 42.7 Å². The second-order valence-corrected chi connectivity index (χ2v) is 15.4. The van der Waals surface area contributed by atoms with Gasteiger partial charge in [0.05, 0.1) is 0 Å². The van der Waals surface area contributed by atoms with E-state index in [4.69, 9.17) is 6.35 Å². The van der Waals surface area contributed by atoms with Crippen LogP contribution in [0.1, 0.15) is 20.7 Å². The minimum atomic E-state index is -4.78. The van der Waals surface area contributed by atoms with Crippen molar-refractivity contribution in [3.05, 3.63) is 132 Å². The summed E-state index contributed by atoms with van der Waals surface area (Å²) < 4.78 is 40.0. The fraction of sp³-hybridized carbons (Fsp3) is 0. The Morgan fingerprint density at radius 1 is 0.543 bits per heavy atom. The van der Waals surface area contributed by atoms with Crippen LogP contribution in [-0.4, -0.2) is 31.0 Å². The maximum absolute atomic E-state index is 13.3. The number of hydrogen-bond acceptors (Lipinski definition) is 4. The second kappa shape index (κ2) is 11.2. The summed E-state index contributed by atoms with van der Waals surface area (Å²) >= 11 is -4.78. The third-order valence-electron chi connectivity index (χ3n) is 5.10. The number of halogens is 2. The van der Waals surface area contributed by atoms with Crippen molar-refractivity contribution in [2.75, 3.05) is 0 Å². The number of carbonyl (C=O) groups is 2. The van der Waals surface area contributed by atoms with Crippen LogP contribution in [0, 0.1) is 11.6 Å². The first kappa shape index (κ1) is 24.5. The van der Waals surface area contributed by atoms with E-state index in [2.05, 4.69) is 11.0 Å². The van der Waals surface area contributed by atoms with E-state index in [1.54, 1.807) is 48.5 Å². The fourth-order valence-electron chi connectivity index (χ4n) is 3.30. The van der Waals surface area contributed by atoms with Crippen LogP contribution in [0.25, 0.3) is 0 Å². The van der Waals surface area contributed by atoms with E-state index >= 15 is 0 Å². The summed E-state index contributed by atoms with van der Waals surface area (Å²) in [7, 11) is 0. The summed E-state index contributed by atoms with van der Waals surface area (Å²) in [6.07, 6.45) is 0. The van der Waals surface area contributed by atoms with Crippen molar-refractivity contribution in [2.24, 2.45) is 0 Å². The molecule has 0 heterocycles. The van der Waals surface area contributed by atoms with E-state index in [0.717, 1.165) is 0 Å². The van der Waals surface area contributed by atoms with E-state index in [9.17, 15) is 18.4 Å². The zero-order valence-electron chi connectivity index (χ0n) is 18.3. The third kappa shape index (κ3) is 5.91. The molecule has 0 spiro atoms. The first-order chi connectivity index (χ1) is 17.0. The van der Waals surface area contributed by atoms with Gasteiger partial charge in [-0.15, -0.1) is 0 Å². The van der Waals surface area contributed by atoms with Crippen LogP contribution in [0.4, 0.5) is 8.78 Å². The number of rotatable bonds is 8. The second-order valence-electron chi connectivity index (χ2n) is 7.43. The molecule has 0 atom stereocenters. The Morgan fingerprint density at radius 3 is 1.23 bits per heavy atom. The first-order valence-corrected chi connectivity index (χ1v) is 15.8. The van der Waals surface area contributed by atoms with Gasteiger partial charge in [-0.1, -0.05) is 0 Å². The van der Waals surface area contributed by atoms with Crippen LogP contribution < -0.4 is 18.1 Å². The predicted octanol–water partition coefficient (Wildman–Crippen LogP) is 3.24. The molecule has 4 rings (SSSR count). The Morgan fingerprint density at radius 2 is 0.886 bits per heavy atom. The van der Waals surface area contributed by atoms with Crippen molar-refractivity contribution in [3.63, 3.8) is 0 Å². The average Bonchev–Trinajstić information content (AvgIpc) is 2.90. The van der Waals surface area contributed by atoms with Crippen molar-refractivity contribution in [1.29, 1.82) is 0 Å². The first-order valence-electron chi connectivity index (χ1n) is 10.6. The molecule has 4 aromatic carbocycles. The van der Waals surface area contributed by atoms with Crippen LogP contribution in [0.15, 0.2) is 109 Å². The molecule has 176 valence electrons. The Kier molecular flexibility index (Phi) is 7.86. The summed E-state index contributed by atoms with van der Waals surface area (Å²) in [6.45, 7) is 0. The van der Waals surface area contributed by atoms with Gasteiger partial charge in [-0.25, -0.2) is 0 Å². The van der Waals surface area contributed by atoms with Gasteiger partial charge < -0.3 is 0 Å². The number of benzene rings is 4. The van der Waals surface area contributed by atoms with Crippen molar-refractivity contribution in [1.82, 2.24) is 11.0 Å². The van der Waals surface area contributed by atoms with E-state index in [1.165, 1.54) is 48.5 Å². The minimum absolute atomic E-state index is 0.183. The van der Waals surface area contributed by atoms with Gasteiger partial charge in [-0.2, -0.15) is 0 Å². The SMILES string of the molecule is O=C(N[O][Sn]([O]NC(=O)c1ccc(F)cc1)([c]1ccccc1)[c]1ccccc1)c1ccc(F)cc1. The quantitative estimate of drug-likeness (QED) is 0.248. The molecular weight excluding hydrogens is 561 g/mol. The Labute approximate surface area is 205 Å². The number of hydroxylamine groups is 2. The monoisotopic (exact) mass is 582 g/mol. The van der Waals surface area contributed by atoms with Gasteiger partial charge in [0.2, 0.25) is 0 Å². The van der Waals surface area contributed by atoms with E-state index in [-0.39, 0.29) is 11.1 Å². The molecule has 2 amide bonds. The van der Waals surface area contributed by atoms with Crippen molar-refractivity contribution >= 4 is 38.2 Å². The van der Waals surface area contributed by atoms with Gasteiger partial charge in [0.25, 0.3) is 0 Å². The van der Waals surface area contributed by atoms with Gasteiger partial charge in [0.15, 0.2) is 0 Å². The van der Waals surface area contributed by atoms with Crippen molar-refractivity contribution < 1.29 is 24.7 Å². The predicted molar refractivity (Wildman–Crippen MR) is 128 cm³/mol. The molecule has 0 aliphatic heterocycles. The maximum atomic E-state index is 13.3. The van der Waals surface area contributed by atoms with Crippen molar-refractivity contribution in [2.45, 2.75) is 0 Å². The van der Waals surface area contributed by atoms with E-state index in [0.29, 0.717) is 7.16 Å². The van der Waals surface area contributed by atoms with Crippen LogP contribution in [0.2, 0.25) is 0 Å². The zero-order valence-corrected chi connectivity index (χ0v) is 21.1. The molecule has 0 aromatic heterocycles. The topological polar surface area (TPSA) is 76.7 Å². The molecule has 4 aromatic rings. The number of hydrogen-bond donors (Lipinski definition) is 2. The Hall–Kier alpha value is -3.60. The number of nitrogens with one attached hydrogen (secondary N) is 2. The fourth-order valence-corrected chi connectivity index (χ4v) is 10.7. The van der Waals surface area contributed by atoms with Crippen LogP contribution in [0.5, 0.6) is 0 Å². The zero-order chi connectivity index (χ0) is 24.7. The molecule has 0 fully saturated rings. The summed E-state index contributed by atoms with van der Waals surface area (Å²) in [6, 6.07) is 27.9. The molecule has 0 bridgehead atoms. The van der Waals surface area contributed by atoms with E-state index in [1.807, 2.05) is 12.1 Å². The summed E-state index contributed by atoms with van der Waals surface area (Å²) in [4.78, 5) is 25.5. The average molecular weight is 581 g/mol. The summed E-state index contributed by atoms with van der Waals surface area (Å²) in [5.74, 6) is -2.16. The molecule has 6 nitrogen and oxygen atoms in total. The van der Waals surface area contributed by atoms with Gasteiger partial charge in [0, 0.05) is 0 Å². The normalized spacial score (nSPS) is 11.0.